The van der Waals surface area contributed by atoms with E-state index in [9.17, 15) is 0 Å². The van der Waals surface area contributed by atoms with E-state index in [1.807, 2.05) is 0 Å². The van der Waals surface area contributed by atoms with Crippen molar-refractivity contribution in [1.29, 1.82) is 0 Å². The number of hydrogen-bond acceptors (Lipinski definition) is 3. The summed E-state index contributed by atoms with van der Waals surface area (Å²) in [6.45, 7) is 2.24. The predicted octanol–water partition coefficient (Wildman–Crippen LogP) is 7.69. The van der Waals surface area contributed by atoms with Gasteiger partial charge in [0, 0.05) is 40.2 Å². The number of aromatic nitrogens is 1. The number of anilines is 3. The second-order valence-electron chi connectivity index (χ2n) is 13.0. The zero-order valence-electron chi connectivity index (χ0n) is 25.0. The molecule has 0 N–H and O–H groups in total. The lowest BCUT2D eigenvalue weighted by molar-refractivity contribution is 0.331. The maximum atomic E-state index is 6.77. The van der Waals surface area contributed by atoms with Gasteiger partial charge in [0.15, 0.2) is 0 Å². The molecule has 4 heterocycles. The van der Waals surface area contributed by atoms with Gasteiger partial charge in [-0.3, -0.25) is 0 Å². The number of rotatable bonds is 2. The van der Waals surface area contributed by atoms with Crippen LogP contribution in [0, 0.1) is 6.92 Å². The summed E-state index contributed by atoms with van der Waals surface area (Å²) in [7, 11) is 0. The van der Waals surface area contributed by atoms with Crippen molar-refractivity contribution in [2.75, 3.05) is 4.90 Å². The Morgan fingerprint density at radius 2 is 1.45 bits per heavy atom. The Kier molecular flexibility index (Phi) is 5.17. The largest absolute Gasteiger partial charge is 0.431 e. The van der Waals surface area contributed by atoms with Crippen LogP contribution in [-0.4, -0.2) is 11.3 Å². The minimum absolute atomic E-state index is 0.0486. The molecule has 0 spiro atoms. The molecule has 5 heteroatoms. The summed E-state index contributed by atoms with van der Waals surface area (Å²) in [4.78, 5) is 2.58. The fourth-order valence-electron chi connectivity index (χ4n) is 8.65. The maximum absolute atomic E-state index is 6.77. The molecular formula is C39H33BN2O2. The zero-order chi connectivity index (χ0) is 28.9. The van der Waals surface area contributed by atoms with Crippen LogP contribution in [0.2, 0.25) is 0 Å². The molecule has 0 unspecified atom stereocenters. The molecule has 0 saturated heterocycles. The molecule has 214 valence electrons. The third-order valence-corrected chi connectivity index (χ3v) is 10.4. The van der Waals surface area contributed by atoms with Crippen LogP contribution in [0.4, 0.5) is 17.1 Å². The summed E-state index contributed by atoms with van der Waals surface area (Å²) in [5.41, 5.74) is 14.5. The normalized spacial score (nSPS) is 16.1. The number of para-hydroxylation sites is 1. The Morgan fingerprint density at radius 3 is 2.34 bits per heavy atom. The second-order valence-corrected chi connectivity index (χ2v) is 13.0. The van der Waals surface area contributed by atoms with Gasteiger partial charge in [0.25, 0.3) is 12.7 Å². The Bertz CT molecular complexity index is 2140. The van der Waals surface area contributed by atoms with E-state index in [1.54, 1.807) is 0 Å². The van der Waals surface area contributed by atoms with Gasteiger partial charge in [-0.15, -0.1) is 0 Å². The van der Waals surface area contributed by atoms with E-state index in [1.165, 1.54) is 98.1 Å². The number of nitrogens with zero attached hydrogens (tertiary/aromatic N) is 2. The first-order valence-corrected chi connectivity index (χ1v) is 16.3. The summed E-state index contributed by atoms with van der Waals surface area (Å²) in [5, 5.41) is 2.52. The molecule has 44 heavy (non-hydrogen) atoms. The van der Waals surface area contributed by atoms with Crippen molar-refractivity contribution < 1.29 is 9.15 Å². The van der Waals surface area contributed by atoms with Crippen LogP contribution in [0.15, 0.2) is 89.3 Å². The van der Waals surface area contributed by atoms with Crippen molar-refractivity contribution in [3.63, 3.8) is 0 Å². The van der Waals surface area contributed by atoms with Crippen molar-refractivity contribution in [3.8, 4) is 17.4 Å². The molecule has 0 fully saturated rings. The topological polar surface area (TPSA) is 30.5 Å². The lowest BCUT2D eigenvalue weighted by Gasteiger charge is -2.39. The van der Waals surface area contributed by atoms with E-state index in [0.717, 1.165) is 43.1 Å². The molecular weight excluding hydrogens is 539 g/mol. The standard InChI is InChI=1S/C39H33BN2O2/c1-24-21-32-36-34(22-24)44-39-35(30-16-8-10-18-33(30)43-39)40(36)38-37(41(32)28-20-19-25-11-5-6-12-26(25)23-28)29-15-7-9-17-31(29)42(38)27-13-3-2-4-14-27/h2-6,11-14,19-23H,7-10,15-18H2,1H3. The van der Waals surface area contributed by atoms with Gasteiger partial charge in [0.2, 0.25) is 0 Å². The molecule has 0 bridgehead atoms. The summed E-state index contributed by atoms with van der Waals surface area (Å²) in [5.74, 6) is 2.78. The second kappa shape index (κ2) is 9.18. The Hall–Kier alpha value is -4.64. The number of aryl methyl sites for hydroxylation is 2. The van der Waals surface area contributed by atoms with Crippen molar-refractivity contribution in [2.45, 2.75) is 58.3 Å². The van der Waals surface area contributed by atoms with Crippen molar-refractivity contribution in [3.05, 3.63) is 113 Å². The van der Waals surface area contributed by atoms with E-state index in [4.69, 9.17) is 9.15 Å². The minimum Gasteiger partial charge on any atom is -0.431 e. The first-order valence-electron chi connectivity index (χ1n) is 16.3. The highest BCUT2D eigenvalue weighted by Crippen LogP contribution is 2.47. The van der Waals surface area contributed by atoms with E-state index in [0.29, 0.717) is 0 Å². The first kappa shape index (κ1) is 24.8. The number of hydrogen-bond donors (Lipinski definition) is 0. The van der Waals surface area contributed by atoms with Crippen LogP contribution in [0.1, 0.15) is 53.8 Å². The highest BCUT2D eigenvalue weighted by Gasteiger charge is 2.49. The van der Waals surface area contributed by atoms with Gasteiger partial charge < -0.3 is 18.6 Å². The summed E-state index contributed by atoms with van der Waals surface area (Å²) >= 11 is 0. The highest BCUT2D eigenvalue weighted by atomic mass is 16.6. The molecule has 6 aromatic rings. The van der Waals surface area contributed by atoms with Crippen LogP contribution in [0.25, 0.3) is 16.5 Å². The molecule has 2 aliphatic carbocycles. The molecule has 0 atom stereocenters. The third-order valence-electron chi connectivity index (χ3n) is 10.4. The van der Waals surface area contributed by atoms with E-state index < -0.39 is 0 Å². The number of ether oxygens (including phenoxy) is 1. The summed E-state index contributed by atoms with van der Waals surface area (Å²) in [6, 6.07) is 31.3. The lowest BCUT2D eigenvalue weighted by Crippen LogP contribution is -2.61. The van der Waals surface area contributed by atoms with Gasteiger partial charge in [-0.25, -0.2) is 0 Å². The molecule has 2 aliphatic heterocycles. The van der Waals surface area contributed by atoms with Crippen molar-refractivity contribution in [1.82, 2.24) is 4.57 Å². The molecule has 0 saturated carbocycles. The smallest absolute Gasteiger partial charge is 0.285 e. The van der Waals surface area contributed by atoms with Gasteiger partial charge in [-0.2, -0.15) is 0 Å². The Labute approximate surface area is 258 Å². The van der Waals surface area contributed by atoms with E-state index in [-0.39, 0.29) is 6.71 Å². The molecule has 4 nitrogen and oxygen atoms in total. The molecule has 4 aromatic carbocycles. The van der Waals surface area contributed by atoms with Gasteiger partial charge in [0.05, 0.1) is 5.69 Å². The van der Waals surface area contributed by atoms with Crippen molar-refractivity contribution >= 4 is 51.1 Å². The molecule has 0 amide bonds. The lowest BCUT2D eigenvalue weighted by atomic mass is 9.35. The van der Waals surface area contributed by atoms with E-state index >= 15 is 0 Å². The number of fused-ring (bicyclic) bond motifs is 9. The number of furan rings is 1. The fraction of sp³-hybridized carbons (Fsp3) is 0.231. The zero-order valence-corrected chi connectivity index (χ0v) is 25.0. The monoisotopic (exact) mass is 572 g/mol. The van der Waals surface area contributed by atoms with Crippen LogP contribution < -0.4 is 26.2 Å². The van der Waals surface area contributed by atoms with Crippen LogP contribution >= 0.6 is 0 Å². The average molecular weight is 573 g/mol. The Morgan fingerprint density at radius 1 is 0.682 bits per heavy atom. The Balaban J connectivity index is 1.36. The number of benzene rings is 4. The highest BCUT2D eigenvalue weighted by molar-refractivity contribution is 6.99. The third kappa shape index (κ3) is 3.35. The molecule has 0 radical (unpaired) electrons. The van der Waals surface area contributed by atoms with Crippen LogP contribution in [0.5, 0.6) is 11.7 Å². The van der Waals surface area contributed by atoms with E-state index in [2.05, 4.69) is 101 Å². The predicted molar refractivity (Wildman–Crippen MR) is 179 cm³/mol. The SMILES string of the molecule is Cc1cc2c3c(c1)N(c1ccc4ccccc4c1)c1c4c(n(-c5ccccc5)c1B3c1c(oc3c1CCCC3)O2)CCCC4. The maximum Gasteiger partial charge on any atom is 0.285 e. The van der Waals surface area contributed by atoms with Gasteiger partial charge in [-0.05, 0) is 121 Å². The van der Waals surface area contributed by atoms with Gasteiger partial charge >= 0.3 is 0 Å². The minimum atomic E-state index is 0.0486. The average Bonchev–Trinajstić information content (AvgIpc) is 3.60. The quantitative estimate of drug-likeness (QED) is 0.199. The van der Waals surface area contributed by atoms with Crippen LogP contribution in [-0.2, 0) is 25.7 Å². The van der Waals surface area contributed by atoms with Gasteiger partial charge in [0.1, 0.15) is 11.5 Å². The summed E-state index contributed by atoms with van der Waals surface area (Å²) < 4.78 is 16.0. The molecule has 2 aromatic heterocycles. The first-order chi connectivity index (χ1) is 21.7. The van der Waals surface area contributed by atoms with Crippen LogP contribution in [0.3, 0.4) is 0 Å². The van der Waals surface area contributed by atoms with Gasteiger partial charge in [-0.1, -0.05) is 48.5 Å². The summed E-state index contributed by atoms with van der Waals surface area (Å²) in [6.07, 6.45) is 9.04. The molecule has 4 aliphatic rings. The van der Waals surface area contributed by atoms with Crippen molar-refractivity contribution in [2.24, 2.45) is 0 Å². The molecule has 10 rings (SSSR count). The fourth-order valence-corrected chi connectivity index (χ4v) is 8.65.